The second-order valence-corrected chi connectivity index (χ2v) is 5.97. The summed E-state index contributed by atoms with van der Waals surface area (Å²) >= 11 is 0. The highest BCUT2D eigenvalue weighted by molar-refractivity contribution is 6.01. The maximum Gasteiger partial charge on any atom is 0.253 e. The van der Waals surface area contributed by atoms with Gasteiger partial charge in [-0.1, -0.05) is 20.8 Å². The molecule has 2 heterocycles. The van der Waals surface area contributed by atoms with Gasteiger partial charge in [0.15, 0.2) is 0 Å². The van der Waals surface area contributed by atoms with E-state index in [9.17, 15) is 4.79 Å². The molecule has 0 spiro atoms. The number of carbonyl (C=O) groups excluding carboxylic acids is 1. The lowest BCUT2D eigenvalue weighted by Crippen LogP contribution is -2.30. The van der Waals surface area contributed by atoms with Gasteiger partial charge in [0.25, 0.3) is 5.91 Å². The minimum atomic E-state index is 0.000440. The summed E-state index contributed by atoms with van der Waals surface area (Å²) in [5.41, 5.74) is 1.80. The second-order valence-electron chi connectivity index (χ2n) is 5.97. The molecule has 0 radical (unpaired) electrons. The average molecular weight is 257 g/mol. The normalized spacial score (nSPS) is 25.8. The molecular formula is C15H19N3O. The first kappa shape index (κ1) is 12.2. The Labute approximate surface area is 112 Å². The van der Waals surface area contributed by atoms with Gasteiger partial charge in [-0.15, -0.1) is 0 Å². The molecule has 1 fully saturated rings. The fourth-order valence-electron chi connectivity index (χ4n) is 2.62. The van der Waals surface area contributed by atoms with Crippen molar-refractivity contribution in [1.82, 2.24) is 14.9 Å². The molecule has 4 nitrogen and oxygen atoms in total. The Morgan fingerprint density at radius 1 is 1.53 bits per heavy atom. The van der Waals surface area contributed by atoms with Crippen molar-refractivity contribution < 1.29 is 4.79 Å². The molecule has 1 amide bonds. The Kier molecular flexibility index (Phi) is 2.62. The van der Waals surface area contributed by atoms with Crippen LogP contribution in [0.3, 0.4) is 0 Å². The number of pyridine rings is 1. The first-order chi connectivity index (χ1) is 9.02. The molecule has 2 atom stereocenters. The number of nitrogens with zero attached hydrogens (tertiary/aromatic N) is 2. The summed E-state index contributed by atoms with van der Waals surface area (Å²) in [6.07, 6.45) is 4.63. The molecule has 1 saturated carbocycles. The summed E-state index contributed by atoms with van der Waals surface area (Å²) in [6, 6.07) is 5.86. The number of hydrogen-bond donors (Lipinski definition) is 1. The third kappa shape index (κ3) is 1.91. The van der Waals surface area contributed by atoms with Crippen LogP contribution in [0.2, 0.25) is 0 Å². The van der Waals surface area contributed by atoms with Crippen molar-refractivity contribution in [3.05, 3.63) is 36.2 Å². The average Bonchev–Trinajstić information content (AvgIpc) is 2.85. The summed E-state index contributed by atoms with van der Waals surface area (Å²) in [7, 11) is 0. The third-order valence-corrected chi connectivity index (χ3v) is 4.59. The smallest absolute Gasteiger partial charge is 0.253 e. The second kappa shape index (κ2) is 4.08. The van der Waals surface area contributed by atoms with Gasteiger partial charge in [0.2, 0.25) is 0 Å². The highest BCUT2D eigenvalue weighted by Gasteiger charge is 2.52. The van der Waals surface area contributed by atoms with Crippen molar-refractivity contribution in [3.8, 4) is 0 Å². The molecular weight excluding hydrogens is 238 g/mol. The molecule has 0 aromatic carbocycles. The van der Waals surface area contributed by atoms with Gasteiger partial charge in [-0.2, -0.15) is 5.10 Å². The molecule has 1 aliphatic carbocycles. The van der Waals surface area contributed by atoms with Crippen LogP contribution in [-0.4, -0.2) is 21.6 Å². The van der Waals surface area contributed by atoms with Gasteiger partial charge in [0.1, 0.15) is 0 Å². The topological polar surface area (TPSA) is 46.4 Å². The van der Waals surface area contributed by atoms with Crippen molar-refractivity contribution in [3.63, 3.8) is 0 Å². The van der Waals surface area contributed by atoms with Crippen molar-refractivity contribution in [2.45, 2.75) is 33.2 Å². The van der Waals surface area contributed by atoms with Gasteiger partial charge in [-0.25, -0.2) is 4.52 Å². The predicted molar refractivity (Wildman–Crippen MR) is 74.0 cm³/mol. The van der Waals surface area contributed by atoms with E-state index in [0.29, 0.717) is 17.5 Å². The predicted octanol–water partition coefficient (Wildman–Crippen LogP) is 2.50. The highest BCUT2D eigenvalue weighted by Crippen LogP contribution is 2.51. The largest absolute Gasteiger partial charge is 0.349 e. The van der Waals surface area contributed by atoms with E-state index < -0.39 is 0 Å². The molecule has 0 aliphatic heterocycles. The first-order valence-corrected chi connectivity index (χ1v) is 6.75. The number of hydrogen-bond acceptors (Lipinski definition) is 2. The number of rotatable bonds is 3. The van der Waals surface area contributed by atoms with E-state index in [-0.39, 0.29) is 11.3 Å². The maximum atomic E-state index is 12.4. The molecule has 100 valence electrons. The van der Waals surface area contributed by atoms with Gasteiger partial charge in [0.05, 0.1) is 17.3 Å². The van der Waals surface area contributed by atoms with Crippen LogP contribution in [-0.2, 0) is 0 Å². The maximum absolute atomic E-state index is 12.4. The van der Waals surface area contributed by atoms with Gasteiger partial charge >= 0.3 is 0 Å². The van der Waals surface area contributed by atoms with Crippen molar-refractivity contribution >= 4 is 11.4 Å². The summed E-state index contributed by atoms with van der Waals surface area (Å²) < 4.78 is 1.73. The number of fused-ring (bicyclic) bond motifs is 1. The Morgan fingerprint density at radius 3 is 3.00 bits per heavy atom. The Balaban J connectivity index is 1.81. The summed E-state index contributed by atoms with van der Waals surface area (Å²) in [6.45, 7) is 6.66. The third-order valence-electron chi connectivity index (χ3n) is 4.59. The molecule has 0 saturated heterocycles. The minimum absolute atomic E-state index is 0.000440. The molecule has 4 heteroatoms. The van der Waals surface area contributed by atoms with E-state index in [0.717, 1.165) is 11.9 Å². The van der Waals surface area contributed by atoms with Crippen LogP contribution in [0.4, 0.5) is 0 Å². The van der Waals surface area contributed by atoms with Crippen LogP contribution >= 0.6 is 0 Å². The van der Waals surface area contributed by atoms with Crippen LogP contribution in [0.1, 0.15) is 37.6 Å². The summed E-state index contributed by atoms with van der Waals surface area (Å²) in [5, 5.41) is 7.29. The Hall–Kier alpha value is -1.84. The molecule has 2 unspecified atom stereocenters. The molecule has 1 aliphatic rings. The van der Waals surface area contributed by atoms with E-state index in [1.165, 1.54) is 0 Å². The van der Waals surface area contributed by atoms with Crippen LogP contribution in [0.5, 0.6) is 0 Å². The van der Waals surface area contributed by atoms with E-state index in [4.69, 9.17) is 0 Å². The van der Waals surface area contributed by atoms with Crippen molar-refractivity contribution in [1.29, 1.82) is 0 Å². The molecule has 3 rings (SSSR count). The van der Waals surface area contributed by atoms with Crippen LogP contribution < -0.4 is 5.32 Å². The summed E-state index contributed by atoms with van der Waals surface area (Å²) in [4.78, 5) is 12.4. The molecule has 2 aromatic heterocycles. The van der Waals surface area contributed by atoms with E-state index in [2.05, 4.69) is 31.2 Å². The lowest BCUT2D eigenvalue weighted by Gasteiger charge is -2.16. The molecule has 1 N–H and O–H groups in total. The van der Waals surface area contributed by atoms with Crippen molar-refractivity contribution in [2.75, 3.05) is 0 Å². The Bertz CT molecular complexity index is 631. The van der Waals surface area contributed by atoms with Gasteiger partial charge < -0.3 is 5.32 Å². The molecule has 19 heavy (non-hydrogen) atoms. The van der Waals surface area contributed by atoms with Crippen LogP contribution in [0.25, 0.3) is 5.52 Å². The number of amides is 1. The van der Waals surface area contributed by atoms with E-state index >= 15 is 0 Å². The van der Waals surface area contributed by atoms with Gasteiger partial charge in [-0.3, -0.25) is 4.79 Å². The van der Waals surface area contributed by atoms with Crippen molar-refractivity contribution in [2.24, 2.45) is 11.3 Å². The fourth-order valence-corrected chi connectivity index (χ4v) is 2.62. The van der Waals surface area contributed by atoms with E-state index in [1.807, 2.05) is 24.4 Å². The first-order valence-electron chi connectivity index (χ1n) is 6.75. The van der Waals surface area contributed by atoms with Gasteiger partial charge in [-0.05, 0) is 36.0 Å². The zero-order valence-electron chi connectivity index (χ0n) is 11.6. The standard InChI is InChI=1S/C15H19N3O/c1-10(2)15(3)9-13(15)17-14(19)11-5-4-8-18-12(11)6-7-16-18/h4-8,10,13H,9H2,1-3H3,(H,17,19). The molecule has 2 aromatic rings. The Morgan fingerprint density at radius 2 is 2.32 bits per heavy atom. The quantitative estimate of drug-likeness (QED) is 0.918. The number of carbonyl (C=O) groups is 1. The molecule has 0 bridgehead atoms. The fraction of sp³-hybridized carbons (Fsp3) is 0.467. The zero-order chi connectivity index (χ0) is 13.6. The monoisotopic (exact) mass is 257 g/mol. The lowest BCUT2D eigenvalue weighted by atomic mass is 9.94. The summed E-state index contributed by atoms with van der Waals surface area (Å²) in [5.74, 6) is 0.587. The lowest BCUT2D eigenvalue weighted by molar-refractivity contribution is 0.0944. The number of nitrogens with one attached hydrogen (secondary N) is 1. The zero-order valence-corrected chi connectivity index (χ0v) is 11.6. The minimum Gasteiger partial charge on any atom is -0.349 e. The number of aromatic nitrogens is 2. The van der Waals surface area contributed by atoms with E-state index in [1.54, 1.807) is 10.7 Å². The van der Waals surface area contributed by atoms with Gasteiger partial charge in [0, 0.05) is 12.2 Å². The van der Waals surface area contributed by atoms with Crippen LogP contribution in [0.15, 0.2) is 30.6 Å². The SMILES string of the molecule is CC(C)C1(C)CC1NC(=O)c1cccn2nccc12. The van der Waals surface area contributed by atoms with Crippen LogP contribution in [0, 0.1) is 11.3 Å². The highest BCUT2D eigenvalue weighted by atomic mass is 16.1.